The van der Waals surface area contributed by atoms with Crippen molar-refractivity contribution in [3.8, 4) is 0 Å². The molecule has 1 aromatic carbocycles. The predicted octanol–water partition coefficient (Wildman–Crippen LogP) is -0.459. The van der Waals surface area contributed by atoms with Gasteiger partial charge in [0.1, 0.15) is 4.90 Å². The quantitative estimate of drug-likeness (QED) is 0.711. The molecule has 0 aliphatic carbocycles. The summed E-state index contributed by atoms with van der Waals surface area (Å²) in [5.74, 6) is 0.116. The van der Waals surface area contributed by atoms with Gasteiger partial charge in [0.2, 0.25) is 10.0 Å². The fourth-order valence-corrected chi connectivity index (χ4v) is 4.26. The average Bonchev–Trinajstić information content (AvgIpc) is 2.49. The Morgan fingerprint density at radius 3 is 2.50 bits per heavy atom. The van der Waals surface area contributed by atoms with Gasteiger partial charge >= 0.3 is 0 Å². The lowest BCUT2D eigenvalue weighted by Gasteiger charge is -2.24. The molecule has 0 amide bonds. The molecule has 0 bridgehead atoms. The highest BCUT2D eigenvalue weighted by Crippen LogP contribution is 2.27. The first kappa shape index (κ1) is 15.1. The number of primary sulfonamides is 1. The number of sulfonamides is 1. The second-order valence-electron chi connectivity index (χ2n) is 4.76. The summed E-state index contributed by atoms with van der Waals surface area (Å²) in [6, 6.07) is 4.43. The fraction of sp³-hybridized carbons (Fsp3) is 0.455. The van der Waals surface area contributed by atoms with Crippen molar-refractivity contribution in [1.29, 1.82) is 0 Å². The van der Waals surface area contributed by atoms with Gasteiger partial charge in [-0.1, -0.05) is 0 Å². The Labute approximate surface area is 118 Å². The van der Waals surface area contributed by atoms with Crippen molar-refractivity contribution in [2.75, 3.05) is 35.2 Å². The maximum absolute atomic E-state index is 11.6. The van der Waals surface area contributed by atoms with Gasteiger partial charge in [0.25, 0.3) is 0 Å². The molecule has 2 rings (SSSR count). The lowest BCUT2D eigenvalue weighted by Crippen LogP contribution is -2.29. The van der Waals surface area contributed by atoms with Crippen LogP contribution in [0.2, 0.25) is 0 Å². The van der Waals surface area contributed by atoms with E-state index >= 15 is 0 Å². The molecule has 112 valence electrons. The van der Waals surface area contributed by atoms with E-state index in [4.69, 9.17) is 10.9 Å². The monoisotopic (exact) mass is 319 g/mol. The molecule has 0 radical (unpaired) electrons. The van der Waals surface area contributed by atoms with Gasteiger partial charge in [-0.3, -0.25) is 0 Å². The molecule has 1 fully saturated rings. The number of benzene rings is 1. The van der Waals surface area contributed by atoms with E-state index in [0.29, 0.717) is 24.3 Å². The van der Waals surface area contributed by atoms with Gasteiger partial charge in [0.05, 0.1) is 17.2 Å². The van der Waals surface area contributed by atoms with Crippen molar-refractivity contribution in [3.63, 3.8) is 0 Å². The van der Waals surface area contributed by atoms with Gasteiger partial charge in [-0.05, 0) is 24.6 Å². The van der Waals surface area contributed by atoms with Crippen LogP contribution in [0.5, 0.6) is 0 Å². The molecule has 20 heavy (non-hydrogen) atoms. The van der Waals surface area contributed by atoms with Crippen LogP contribution < -0.4 is 15.8 Å². The molecule has 1 aliphatic rings. The molecule has 0 spiro atoms. The first-order chi connectivity index (χ1) is 9.19. The Bertz CT molecular complexity index is 713. The molecule has 1 heterocycles. The van der Waals surface area contributed by atoms with Crippen LogP contribution in [0.3, 0.4) is 0 Å². The zero-order chi connectivity index (χ0) is 15.0. The van der Waals surface area contributed by atoms with E-state index in [2.05, 4.69) is 0 Å². The Morgan fingerprint density at radius 1 is 1.15 bits per heavy atom. The normalized spacial score (nSPS) is 19.6. The number of hydrogen-bond donors (Lipinski definition) is 2. The number of nitrogens with zero attached hydrogens (tertiary/aromatic N) is 1. The van der Waals surface area contributed by atoms with E-state index in [1.165, 1.54) is 6.07 Å². The minimum absolute atomic E-state index is 0.00142. The standard InChI is InChI=1S/C11H17N3O4S2/c12-9-2-3-10(11(8-9)20(13,17)18)14-4-1-6-19(15,16)7-5-14/h2-3,8H,1,4-7,12H2,(H2,13,17,18). The van der Waals surface area contributed by atoms with Gasteiger partial charge in [0.15, 0.2) is 9.84 Å². The zero-order valence-electron chi connectivity index (χ0n) is 10.8. The van der Waals surface area contributed by atoms with Crippen LogP contribution in [0.25, 0.3) is 0 Å². The molecule has 0 atom stereocenters. The molecule has 1 saturated heterocycles. The summed E-state index contributed by atoms with van der Waals surface area (Å²) in [6.07, 6.45) is 0.455. The van der Waals surface area contributed by atoms with Crippen LogP contribution in [0.4, 0.5) is 11.4 Å². The van der Waals surface area contributed by atoms with Crippen LogP contribution in [0.15, 0.2) is 23.1 Å². The maximum atomic E-state index is 11.6. The van der Waals surface area contributed by atoms with E-state index in [9.17, 15) is 16.8 Å². The third-order valence-corrected chi connectivity index (χ3v) is 5.84. The summed E-state index contributed by atoms with van der Waals surface area (Å²) in [5, 5.41) is 5.20. The van der Waals surface area contributed by atoms with E-state index in [1.54, 1.807) is 17.0 Å². The number of nitrogens with two attached hydrogens (primary N) is 2. The molecule has 0 unspecified atom stereocenters. The first-order valence-electron chi connectivity index (χ1n) is 6.07. The first-order valence-corrected chi connectivity index (χ1v) is 9.43. The van der Waals surface area contributed by atoms with Crippen molar-refractivity contribution < 1.29 is 16.8 Å². The van der Waals surface area contributed by atoms with Crippen molar-refractivity contribution in [1.82, 2.24) is 0 Å². The Balaban J connectivity index is 2.43. The third kappa shape index (κ3) is 3.41. The molecule has 4 N–H and O–H groups in total. The summed E-state index contributed by atoms with van der Waals surface area (Å²) < 4.78 is 46.5. The molecule has 1 aromatic rings. The second kappa shape index (κ2) is 5.23. The topological polar surface area (TPSA) is 124 Å². The van der Waals surface area contributed by atoms with Gasteiger partial charge < -0.3 is 10.6 Å². The lowest BCUT2D eigenvalue weighted by atomic mass is 10.2. The highest BCUT2D eigenvalue weighted by molar-refractivity contribution is 7.91. The van der Waals surface area contributed by atoms with Crippen molar-refractivity contribution in [2.45, 2.75) is 11.3 Å². The summed E-state index contributed by atoms with van der Waals surface area (Å²) in [5.41, 5.74) is 6.29. The van der Waals surface area contributed by atoms with Crippen LogP contribution >= 0.6 is 0 Å². The van der Waals surface area contributed by atoms with Crippen molar-refractivity contribution >= 4 is 31.2 Å². The van der Waals surface area contributed by atoms with Gasteiger partial charge in [-0.25, -0.2) is 22.0 Å². The van der Waals surface area contributed by atoms with E-state index < -0.39 is 19.9 Å². The van der Waals surface area contributed by atoms with E-state index in [-0.39, 0.29) is 22.9 Å². The molecule has 9 heteroatoms. The van der Waals surface area contributed by atoms with Crippen LogP contribution in [-0.4, -0.2) is 41.4 Å². The number of nitrogen functional groups attached to an aromatic ring is 1. The summed E-state index contributed by atoms with van der Waals surface area (Å²) in [7, 11) is -6.98. The van der Waals surface area contributed by atoms with Gasteiger partial charge in [-0.2, -0.15) is 0 Å². The van der Waals surface area contributed by atoms with Gasteiger partial charge in [-0.15, -0.1) is 0 Å². The van der Waals surface area contributed by atoms with Crippen molar-refractivity contribution in [3.05, 3.63) is 18.2 Å². The summed E-state index contributed by atoms with van der Waals surface area (Å²) >= 11 is 0. The van der Waals surface area contributed by atoms with E-state index in [1.807, 2.05) is 0 Å². The molecule has 0 aromatic heterocycles. The molecule has 0 saturated carbocycles. The lowest BCUT2D eigenvalue weighted by molar-refractivity contribution is 0.595. The van der Waals surface area contributed by atoms with Gasteiger partial charge in [0, 0.05) is 18.8 Å². The Kier molecular flexibility index (Phi) is 3.94. The van der Waals surface area contributed by atoms with Crippen LogP contribution in [-0.2, 0) is 19.9 Å². The Morgan fingerprint density at radius 2 is 1.85 bits per heavy atom. The molecule has 1 aliphatic heterocycles. The van der Waals surface area contributed by atoms with Crippen LogP contribution in [0, 0.1) is 0 Å². The highest BCUT2D eigenvalue weighted by atomic mass is 32.2. The van der Waals surface area contributed by atoms with E-state index in [0.717, 1.165) is 0 Å². The predicted molar refractivity (Wildman–Crippen MR) is 77.7 cm³/mol. The summed E-state index contributed by atoms with van der Waals surface area (Å²) in [6.45, 7) is 0.709. The minimum Gasteiger partial charge on any atom is -0.399 e. The maximum Gasteiger partial charge on any atom is 0.240 e. The minimum atomic E-state index is -3.92. The fourth-order valence-electron chi connectivity index (χ4n) is 2.20. The largest absolute Gasteiger partial charge is 0.399 e. The smallest absolute Gasteiger partial charge is 0.240 e. The number of hydrogen-bond acceptors (Lipinski definition) is 6. The van der Waals surface area contributed by atoms with Crippen molar-refractivity contribution in [2.24, 2.45) is 5.14 Å². The summed E-state index contributed by atoms with van der Waals surface area (Å²) in [4.78, 5) is 1.65. The SMILES string of the molecule is Nc1ccc(N2CCCS(=O)(=O)CC2)c(S(N)(=O)=O)c1. The Hall–Kier alpha value is -1.32. The number of rotatable bonds is 2. The zero-order valence-corrected chi connectivity index (χ0v) is 12.5. The number of sulfone groups is 1. The molecular formula is C11H17N3O4S2. The number of anilines is 2. The highest BCUT2D eigenvalue weighted by Gasteiger charge is 2.23. The molecular weight excluding hydrogens is 302 g/mol. The average molecular weight is 319 g/mol. The molecule has 7 nitrogen and oxygen atoms in total. The third-order valence-electron chi connectivity index (χ3n) is 3.19. The second-order valence-corrected chi connectivity index (χ2v) is 8.60. The van der Waals surface area contributed by atoms with Crippen LogP contribution in [0.1, 0.15) is 6.42 Å².